The molecule has 0 amide bonds. The Morgan fingerprint density at radius 1 is 0.909 bits per heavy atom. The molecule has 0 aliphatic carbocycles. The molecule has 0 radical (unpaired) electrons. The zero-order valence-corrected chi connectivity index (χ0v) is 12.0. The number of halogens is 1. The third kappa shape index (κ3) is 2.50. The molecule has 0 aliphatic heterocycles. The number of rotatable bonds is 4. The van der Waals surface area contributed by atoms with Gasteiger partial charge in [-0.2, -0.15) is 0 Å². The third-order valence-corrected chi connectivity index (χ3v) is 3.15. The summed E-state index contributed by atoms with van der Waals surface area (Å²) in [7, 11) is 3.10. The van der Waals surface area contributed by atoms with Crippen LogP contribution in [0.4, 0.5) is 4.39 Å². The lowest BCUT2D eigenvalue weighted by molar-refractivity contribution is 0.355. The molecular formula is C16H13FN2O3. The van der Waals surface area contributed by atoms with Crippen molar-refractivity contribution in [2.45, 2.75) is 0 Å². The highest BCUT2D eigenvalue weighted by Crippen LogP contribution is 2.37. The normalized spacial score (nSPS) is 10.5. The summed E-state index contributed by atoms with van der Waals surface area (Å²) in [5, 5.41) is 8.01. The Balaban J connectivity index is 2.02. The lowest BCUT2D eigenvalue weighted by atomic mass is 10.2. The van der Waals surface area contributed by atoms with Gasteiger partial charge >= 0.3 is 0 Å². The topological polar surface area (TPSA) is 57.4 Å². The predicted octanol–water partition coefficient (Wildman–Crippen LogP) is 3.56. The fourth-order valence-corrected chi connectivity index (χ4v) is 2.10. The number of ether oxygens (including phenoxy) is 2. The maximum Gasteiger partial charge on any atom is 0.252 e. The van der Waals surface area contributed by atoms with E-state index in [-0.39, 0.29) is 5.82 Å². The van der Waals surface area contributed by atoms with Crippen LogP contribution in [0.5, 0.6) is 11.5 Å². The largest absolute Gasteiger partial charge is 0.493 e. The molecular weight excluding hydrogens is 287 g/mol. The molecule has 1 heterocycles. The van der Waals surface area contributed by atoms with Crippen molar-refractivity contribution in [3.63, 3.8) is 0 Å². The van der Waals surface area contributed by atoms with Crippen molar-refractivity contribution in [2.24, 2.45) is 0 Å². The molecule has 0 aliphatic rings. The first-order valence-corrected chi connectivity index (χ1v) is 6.53. The number of hydrogen-bond acceptors (Lipinski definition) is 5. The molecule has 2 aromatic carbocycles. The lowest BCUT2D eigenvalue weighted by Gasteiger charge is -2.09. The lowest BCUT2D eigenvalue weighted by Crippen LogP contribution is -1.93. The van der Waals surface area contributed by atoms with Crippen molar-refractivity contribution >= 4 is 0 Å². The van der Waals surface area contributed by atoms with Crippen LogP contribution in [0.1, 0.15) is 0 Å². The quantitative estimate of drug-likeness (QED) is 0.737. The fourth-order valence-electron chi connectivity index (χ4n) is 2.10. The summed E-state index contributed by atoms with van der Waals surface area (Å²) in [6, 6.07) is 11.2. The molecule has 0 unspecified atom stereocenters. The Bertz CT molecular complexity index is 784. The summed E-state index contributed by atoms with van der Waals surface area (Å²) in [4.78, 5) is 0. The molecule has 0 saturated carbocycles. The standard InChI is InChI=1S/C16H13FN2O3/c1-20-13-5-3-4-12(14(13)21-2)16-19-18-15(22-16)10-6-8-11(17)9-7-10/h3-9H,1-2H3. The second kappa shape index (κ2) is 5.85. The van der Waals surface area contributed by atoms with E-state index in [9.17, 15) is 4.39 Å². The van der Waals surface area contributed by atoms with Gasteiger partial charge in [0, 0.05) is 5.56 Å². The number of hydrogen-bond donors (Lipinski definition) is 0. The van der Waals surface area contributed by atoms with E-state index in [0.29, 0.717) is 34.4 Å². The van der Waals surface area contributed by atoms with Crippen molar-refractivity contribution in [1.29, 1.82) is 0 Å². The summed E-state index contributed by atoms with van der Waals surface area (Å²) in [6.07, 6.45) is 0. The van der Waals surface area contributed by atoms with Crippen LogP contribution in [0.25, 0.3) is 22.9 Å². The van der Waals surface area contributed by atoms with Crippen LogP contribution in [0.3, 0.4) is 0 Å². The van der Waals surface area contributed by atoms with E-state index in [1.165, 1.54) is 12.1 Å². The van der Waals surface area contributed by atoms with Crippen LogP contribution in [-0.2, 0) is 0 Å². The van der Waals surface area contributed by atoms with Gasteiger partial charge in [-0.3, -0.25) is 0 Å². The van der Waals surface area contributed by atoms with Gasteiger partial charge in [0.2, 0.25) is 5.89 Å². The molecule has 5 nitrogen and oxygen atoms in total. The molecule has 112 valence electrons. The number of benzene rings is 2. The minimum absolute atomic E-state index is 0.301. The number of nitrogens with zero attached hydrogens (tertiary/aromatic N) is 2. The van der Waals surface area contributed by atoms with Gasteiger partial charge in [-0.1, -0.05) is 6.07 Å². The first-order chi connectivity index (χ1) is 10.7. The SMILES string of the molecule is COc1cccc(-c2nnc(-c3ccc(F)cc3)o2)c1OC. The van der Waals surface area contributed by atoms with Crippen molar-refractivity contribution in [3.05, 3.63) is 48.3 Å². The highest BCUT2D eigenvalue weighted by molar-refractivity contribution is 5.68. The number of para-hydroxylation sites is 1. The summed E-state index contributed by atoms with van der Waals surface area (Å²) in [5.74, 6) is 1.37. The molecule has 3 rings (SSSR count). The van der Waals surface area contributed by atoms with Crippen LogP contribution >= 0.6 is 0 Å². The van der Waals surface area contributed by atoms with Crippen LogP contribution in [0.2, 0.25) is 0 Å². The Morgan fingerprint density at radius 3 is 2.32 bits per heavy atom. The van der Waals surface area contributed by atoms with Gasteiger partial charge in [0.15, 0.2) is 11.5 Å². The summed E-state index contributed by atoms with van der Waals surface area (Å²) < 4.78 is 29.2. The molecule has 0 bridgehead atoms. The molecule has 0 atom stereocenters. The molecule has 6 heteroatoms. The van der Waals surface area contributed by atoms with E-state index in [1.807, 2.05) is 0 Å². The molecule has 1 aromatic heterocycles. The molecule has 0 N–H and O–H groups in total. The van der Waals surface area contributed by atoms with E-state index in [1.54, 1.807) is 44.6 Å². The van der Waals surface area contributed by atoms with Gasteiger partial charge in [0.25, 0.3) is 5.89 Å². The maximum atomic E-state index is 13.0. The number of methoxy groups -OCH3 is 2. The predicted molar refractivity (Wildman–Crippen MR) is 78.2 cm³/mol. The van der Waals surface area contributed by atoms with Crippen molar-refractivity contribution in [3.8, 4) is 34.4 Å². The maximum absolute atomic E-state index is 13.0. The van der Waals surface area contributed by atoms with E-state index >= 15 is 0 Å². The first-order valence-electron chi connectivity index (χ1n) is 6.53. The van der Waals surface area contributed by atoms with Gasteiger partial charge < -0.3 is 13.9 Å². The average Bonchev–Trinajstić information content (AvgIpc) is 3.04. The van der Waals surface area contributed by atoms with Crippen molar-refractivity contribution in [2.75, 3.05) is 14.2 Å². The zero-order valence-electron chi connectivity index (χ0n) is 12.0. The first kappa shape index (κ1) is 14.1. The van der Waals surface area contributed by atoms with Gasteiger partial charge in [-0.25, -0.2) is 4.39 Å². The van der Waals surface area contributed by atoms with Crippen LogP contribution in [0, 0.1) is 5.82 Å². The smallest absolute Gasteiger partial charge is 0.252 e. The Kier molecular flexibility index (Phi) is 3.74. The van der Waals surface area contributed by atoms with Crippen LogP contribution < -0.4 is 9.47 Å². The molecule has 0 fully saturated rings. The van der Waals surface area contributed by atoms with Gasteiger partial charge in [0.1, 0.15) is 5.82 Å². The third-order valence-electron chi connectivity index (χ3n) is 3.15. The Hall–Kier alpha value is -2.89. The highest BCUT2D eigenvalue weighted by Gasteiger charge is 2.17. The minimum Gasteiger partial charge on any atom is -0.493 e. The van der Waals surface area contributed by atoms with E-state index in [4.69, 9.17) is 13.9 Å². The fraction of sp³-hybridized carbons (Fsp3) is 0.125. The van der Waals surface area contributed by atoms with Crippen molar-refractivity contribution in [1.82, 2.24) is 10.2 Å². The van der Waals surface area contributed by atoms with Crippen molar-refractivity contribution < 1.29 is 18.3 Å². The summed E-state index contributed by atoms with van der Waals surface area (Å²) in [6.45, 7) is 0. The second-order valence-electron chi connectivity index (χ2n) is 4.46. The second-order valence-corrected chi connectivity index (χ2v) is 4.46. The van der Waals surface area contributed by atoms with E-state index < -0.39 is 0 Å². The highest BCUT2D eigenvalue weighted by atomic mass is 19.1. The van der Waals surface area contributed by atoms with E-state index in [2.05, 4.69) is 10.2 Å². The van der Waals surface area contributed by atoms with E-state index in [0.717, 1.165) is 0 Å². The van der Waals surface area contributed by atoms with Gasteiger partial charge in [-0.05, 0) is 36.4 Å². The summed E-state index contributed by atoms with van der Waals surface area (Å²) >= 11 is 0. The molecule has 22 heavy (non-hydrogen) atoms. The average molecular weight is 300 g/mol. The molecule has 3 aromatic rings. The van der Waals surface area contributed by atoms with Gasteiger partial charge in [0.05, 0.1) is 19.8 Å². The van der Waals surface area contributed by atoms with Crippen LogP contribution in [0.15, 0.2) is 46.9 Å². The van der Waals surface area contributed by atoms with Crippen LogP contribution in [-0.4, -0.2) is 24.4 Å². The molecule has 0 saturated heterocycles. The Labute approximate surface area is 126 Å². The monoisotopic (exact) mass is 300 g/mol. The number of aromatic nitrogens is 2. The summed E-state index contributed by atoms with van der Waals surface area (Å²) in [5.41, 5.74) is 1.27. The minimum atomic E-state index is -0.321. The van der Waals surface area contributed by atoms with Gasteiger partial charge in [-0.15, -0.1) is 10.2 Å². The molecule has 0 spiro atoms. The Morgan fingerprint density at radius 2 is 1.64 bits per heavy atom. The zero-order chi connectivity index (χ0) is 15.5.